The zero-order chi connectivity index (χ0) is 16.6. The lowest BCUT2D eigenvalue weighted by atomic mass is 9.54. The van der Waals surface area contributed by atoms with E-state index in [1.54, 1.807) is 26.0 Å². The van der Waals surface area contributed by atoms with Crippen molar-refractivity contribution in [2.75, 3.05) is 13.2 Å². The molecule has 1 rings (SSSR count). The molecule has 0 saturated heterocycles. The summed E-state index contributed by atoms with van der Waals surface area (Å²) in [5.41, 5.74) is -1.97. The van der Waals surface area contributed by atoms with Crippen LogP contribution in [0.1, 0.15) is 39.5 Å². The van der Waals surface area contributed by atoms with E-state index in [2.05, 4.69) is 13.2 Å². The van der Waals surface area contributed by atoms with Crippen LogP contribution in [0.3, 0.4) is 0 Å². The second kappa shape index (κ2) is 7.97. The molecule has 1 aliphatic carbocycles. The number of carbonyl (C=O) groups excluding carboxylic acids is 2. The number of allylic oxidation sites excluding steroid dienone is 4. The van der Waals surface area contributed by atoms with Gasteiger partial charge in [0.2, 0.25) is 0 Å². The molecular formula is C18H26O4. The Morgan fingerprint density at radius 1 is 0.955 bits per heavy atom. The summed E-state index contributed by atoms with van der Waals surface area (Å²) >= 11 is 0. The van der Waals surface area contributed by atoms with Gasteiger partial charge in [-0.05, 0) is 39.5 Å². The summed E-state index contributed by atoms with van der Waals surface area (Å²) in [6, 6.07) is 0. The van der Waals surface area contributed by atoms with Crippen LogP contribution in [0.25, 0.3) is 0 Å². The van der Waals surface area contributed by atoms with Crippen LogP contribution < -0.4 is 0 Å². The average Bonchev–Trinajstić information content (AvgIpc) is 2.50. The Balaban J connectivity index is 3.46. The predicted octanol–water partition coefficient (Wildman–Crippen LogP) is 3.59. The van der Waals surface area contributed by atoms with Crippen molar-refractivity contribution in [3.8, 4) is 0 Å². The van der Waals surface area contributed by atoms with Crippen LogP contribution >= 0.6 is 0 Å². The SMILES string of the molecule is C=CC[C@@]1(C(=O)OCC)CC=CC[C@]1(CC=C)C(=O)OCC. The normalized spacial score (nSPS) is 27.0. The van der Waals surface area contributed by atoms with E-state index >= 15 is 0 Å². The maximum absolute atomic E-state index is 12.8. The number of hydrogen-bond acceptors (Lipinski definition) is 4. The molecule has 0 amide bonds. The van der Waals surface area contributed by atoms with Crippen LogP contribution in [0.2, 0.25) is 0 Å². The molecule has 0 heterocycles. The van der Waals surface area contributed by atoms with Gasteiger partial charge < -0.3 is 9.47 Å². The molecule has 122 valence electrons. The van der Waals surface area contributed by atoms with Crippen molar-refractivity contribution < 1.29 is 19.1 Å². The third-order valence-corrected chi connectivity index (χ3v) is 4.33. The third-order valence-electron chi connectivity index (χ3n) is 4.33. The van der Waals surface area contributed by atoms with Crippen LogP contribution in [0.4, 0.5) is 0 Å². The van der Waals surface area contributed by atoms with Crippen molar-refractivity contribution in [2.24, 2.45) is 10.8 Å². The maximum atomic E-state index is 12.8. The Bertz CT molecular complexity index is 424. The second-order valence-electron chi connectivity index (χ2n) is 5.47. The van der Waals surface area contributed by atoms with Gasteiger partial charge in [-0.15, -0.1) is 13.2 Å². The highest BCUT2D eigenvalue weighted by Gasteiger charge is 2.61. The Morgan fingerprint density at radius 2 is 1.32 bits per heavy atom. The summed E-state index contributed by atoms with van der Waals surface area (Å²) in [6.45, 7) is 11.6. The first-order valence-corrected chi connectivity index (χ1v) is 7.76. The maximum Gasteiger partial charge on any atom is 0.313 e. The minimum Gasteiger partial charge on any atom is -0.466 e. The summed E-state index contributed by atoms with van der Waals surface area (Å²) in [6.07, 6.45) is 8.81. The fourth-order valence-electron chi connectivity index (χ4n) is 3.27. The van der Waals surface area contributed by atoms with E-state index in [-0.39, 0.29) is 25.2 Å². The fourth-order valence-corrected chi connectivity index (χ4v) is 3.27. The molecule has 4 nitrogen and oxygen atoms in total. The highest BCUT2D eigenvalue weighted by Crippen LogP contribution is 2.55. The fraction of sp³-hybridized carbons (Fsp3) is 0.556. The average molecular weight is 306 g/mol. The first kappa shape index (κ1) is 18.2. The van der Waals surface area contributed by atoms with Crippen LogP contribution in [-0.4, -0.2) is 25.2 Å². The van der Waals surface area contributed by atoms with Gasteiger partial charge in [0.15, 0.2) is 0 Å². The summed E-state index contributed by atoms with van der Waals surface area (Å²) in [7, 11) is 0. The molecule has 0 aromatic rings. The third kappa shape index (κ3) is 3.01. The van der Waals surface area contributed by atoms with Gasteiger partial charge in [-0.1, -0.05) is 24.3 Å². The Labute approximate surface area is 132 Å². The Kier molecular flexibility index (Phi) is 6.60. The largest absolute Gasteiger partial charge is 0.466 e. The smallest absolute Gasteiger partial charge is 0.313 e. The quantitative estimate of drug-likeness (QED) is 0.508. The first-order valence-electron chi connectivity index (χ1n) is 7.76. The monoisotopic (exact) mass is 306 g/mol. The summed E-state index contributed by atoms with van der Waals surface area (Å²) in [4.78, 5) is 25.5. The van der Waals surface area contributed by atoms with Crippen molar-refractivity contribution in [3.05, 3.63) is 37.5 Å². The predicted molar refractivity (Wildman–Crippen MR) is 86.1 cm³/mol. The number of ether oxygens (including phenoxy) is 2. The highest BCUT2D eigenvalue weighted by molar-refractivity contribution is 5.89. The van der Waals surface area contributed by atoms with Gasteiger partial charge in [0.05, 0.1) is 24.0 Å². The molecule has 0 aliphatic heterocycles. The van der Waals surface area contributed by atoms with E-state index in [1.807, 2.05) is 12.2 Å². The van der Waals surface area contributed by atoms with Gasteiger partial charge in [0.1, 0.15) is 0 Å². The molecule has 0 saturated carbocycles. The topological polar surface area (TPSA) is 52.6 Å². The standard InChI is InChI=1S/C18H26O4/c1-5-11-17(15(19)21-7-3)13-9-10-14-18(17,12-6-2)16(20)22-8-4/h5-6,9-10H,1-2,7-8,11-14H2,3-4H3/t17-,18+. The van der Waals surface area contributed by atoms with Crippen LogP contribution in [0.5, 0.6) is 0 Å². The molecule has 1 aliphatic rings. The molecule has 0 bridgehead atoms. The van der Waals surface area contributed by atoms with Gasteiger partial charge >= 0.3 is 11.9 Å². The minimum absolute atomic E-state index is 0.272. The molecular weight excluding hydrogens is 280 g/mol. The lowest BCUT2D eigenvalue weighted by Crippen LogP contribution is -2.54. The molecule has 0 aromatic heterocycles. The molecule has 0 unspecified atom stereocenters. The minimum atomic E-state index is -0.986. The van der Waals surface area contributed by atoms with Crippen molar-refractivity contribution in [1.29, 1.82) is 0 Å². The zero-order valence-electron chi connectivity index (χ0n) is 13.6. The molecule has 0 aromatic carbocycles. The lowest BCUT2D eigenvalue weighted by Gasteiger charge is -2.47. The van der Waals surface area contributed by atoms with E-state index < -0.39 is 10.8 Å². The first-order chi connectivity index (χ1) is 10.5. The van der Waals surface area contributed by atoms with Gasteiger partial charge in [-0.25, -0.2) is 0 Å². The molecule has 0 radical (unpaired) electrons. The van der Waals surface area contributed by atoms with Gasteiger partial charge in [-0.2, -0.15) is 0 Å². The Morgan fingerprint density at radius 3 is 1.59 bits per heavy atom. The molecule has 0 N–H and O–H groups in total. The van der Waals surface area contributed by atoms with E-state index in [9.17, 15) is 9.59 Å². The Hall–Kier alpha value is -1.84. The van der Waals surface area contributed by atoms with E-state index in [0.717, 1.165) is 0 Å². The summed E-state index contributed by atoms with van der Waals surface area (Å²) in [5, 5.41) is 0. The van der Waals surface area contributed by atoms with Crippen molar-refractivity contribution >= 4 is 11.9 Å². The number of hydrogen-bond donors (Lipinski definition) is 0. The molecule has 4 heteroatoms. The lowest BCUT2D eigenvalue weighted by molar-refractivity contribution is -0.182. The van der Waals surface area contributed by atoms with E-state index in [0.29, 0.717) is 25.7 Å². The van der Waals surface area contributed by atoms with Crippen LogP contribution in [-0.2, 0) is 19.1 Å². The van der Waals surface area contributed by atoms with E-state index in [1.165, 1.54) is 0 Å². The number of carbonyl (C=O) groups is 2. The van der Waals surface area contributed by atoms with Gasteiger partial charge in [-0.3, -0.25) is 9.59 Å². The van der Waals surface area contributed by atoms with Crippen molar-refractivity contribution in [2.45, 2.75) is 39.5 Å². The summed E-state index contributed by atoms with van der Waals surface area (Å²) < 4.78 is 10.6. The molecule has 0 fully saturated rings. The second-order valence-corrected chi connectivity index (χ2v) is 5.47. The number of esters is 2. The zero-order valence-corrected chi connectivity index (χ0v) is 13.6. The van der Waals surface area contributed by atoms with Crippen molar-refractivity contribution in [1.82, 2.24) is 0 Å². The molecule has 2 atom stereocenters. The van der Waals surface area contributed by atoms with Crippen molar-refractivity contribution in [3.63, 3.8) is 0 Å². The molecule has 0 spiro atoms. The van der Waals surface area contributed by atoms with E-state index in [4.69, 9.17) is 9.47 Å². The highest BCUT2D eigenvalue weighted by atomic mass is 16.5. The van der Waals surface area contributed by atoms with Crippen LogP contribution in [0.15, 0.2) is 37.5 Å². The van der Waals surface area contributed by atoms with Crippen LogP contribution in [0, 0.1) is 10.8 Å². The van der Waals surface area contributed by atoms with Gasteiger partial charge in [0, 0.05) is 0 Å². The van der Waals surface area contributed by atoms with Gasteiger partial charge in [0.25, 0.3) is 0 Å². The summed E-state index contributed by atoms with van der Waals surface area (Å²) in [5.74, 6) is -0.733. The molecule has 22 heavy (non-hydrogen) atoms. The number of rotatable bonds is 8.